The van der Waals surface area contributed by atoms with Gasteiger partial charge in [-0.1, -0.05) is 23.7 Å². The van der Waals surface area contributed by atoms with E-state index < -0.39 is 0 Å². The van der Waals surface area contributed by atoms with Gasteiger partial charge in [0.2, 0.25) is 11.7 Å². The van der Waals surface area contributed by atoms with Crippen molar-refractivity contribution in [2.45, 2.75) is 32.7 Å². The van der Waals surface area contributed by atoms with E-state index in [0.717, 1.165) is 43.0 Å². The number of imidazole rings is 1. The normalized spacial score (nSPS) is 15.6. The lowest BCUT2D eigenvalue weighted by molar-refractivity contribution is 0.214. The number of carbonyl (C=O) groups is 1. The minimum atomic E-state index is -0.0122. The van der Waals surface area contributed by atoms with Gasteiger partial charge in [-0.3, -0.25) is 9.47 Å². The van der Waals surface area contributed by atoms with Crippen molar-refractivity contribution in [1.29, 1.82) is 0 Å². The second kappa shape index (κ2) is 6.63. The number of carbonyl (C=O) groups excluding carboxylic acids is 1. The Kier molecular flexibility index (Phi) is 4.08. The quantitative estimate of drug-likeness (QED) is 0.657. The van der Waals surface area contributed by atoms with Crippen molar-refractivity contribution in [1.82, 2.24) is 24.6 Å². The van der Waals surface area contributed by atoms with E-state index in [1.807, 2.05) is 34.6 Å². The molecule has 2 amide bonds. The number of likely N-dealkylation sites (tertiary alicyclic amines) is 1. The van der Waals surface area contributed by atoms with Crippen molar-refractivity contribution in [3.63, 3.8) is 0 Å². The highest BCUT2D eigenvalue weighted by Crippen LogP contribution is 2.37. The molecule has 144 valence electrons. The molecule has 0 atom stereocenters. The van der Waals surface area contributed by atoms with Gasteiger partial charge >= 0.3 is 6.03 Å². The average molecular weight is 399 g/mol. The fourth-order valence-electron chi connectivity index (χ4n) is 3.82. The lowest BCUT2D eigenvalue weighted by Crippen LogP contribution is -2.43. The van der Waals surface area contributed by atoms with Gasteiger partial charge in [-0.05, 0) is 31.0 Å². The molecule has 1 saturated heterocycles. The molecular weight excluding hydrogens is 380 g/mol. The second-order valence-corrected chi connectivity index (χ2v) is 7.41. The van der Waals surface area contributed by atoms with Crippen LogP contribution < -0.4 is 4.90 Å². The number of urea groups is 1. The largest absolute Gasteiger partial charge is 0.339 e. The summed E-state index contributed by atoms with van der Waals surface area (Å²) in [5.74, 6) is 1.00. The van der Waals surface area contributed by atoms with Gasteiger partial charge in [-0.2, -0.15) is 4.98 Å². The Hall–Kier alpha value is -2.87. The molecule has 0 saturated carbocycles. The fraction of sp³-hybridized carbons (Fsp3) is 0.368. The summed E-state index contributed by atoms with van der Waals surface area (Å²) < 4.78 is 7.22. The van der Waals surface area contributed by atoms with Crippen LogP contribution in [0.1, 0.15) is 31.4 Å². The predicted molar refractivity (Wildman–Crippen MR) is 104 cm³/mol. The molecule has 0 N–H and O–H groups in total. The Morgan fingerprint density at radius 3 is 2.82 bits per heavy atom. The van der Waals surface area contributed by atoms with Crippen LogP contribution in [-0.2, 0) is 13.0 Å². The zero-order chi connectivity index (χ0) is 19.3. The summed E-state index contributed by atoms with van der Waals surface area (Å²) in [4.78, 5) is 25.8. The third-order valence-corrected chi connectivity index (χ3v) is 5.49. The molecule has 28 heavy (non-hydrogen) atoms. The van der Waals surface area contributed by atoms with Gasteiger partial charge in [0.05, 0.1) is 23.6 Å². The zero-order valence-electron chi connectivity index (χ0n) is 15.4. The van der Waals surface area contributed by atoms with E-state index in [1.165, 1.54) is 0 Å². The summed E-state index contributed by atoms with van der Waals surface area (Å²) in [6, 6.07) is 5.54. The molecule has 8 nitrogen and oxygen atoms in total. The second-order valence-electron chi connectivity index (χ2n) is 6.97. The van der Waals surface area contributed by atoms with Crippen LogP contribution in [0.5, 0.6) is 0 Å². The number of fused-ring (bicyclic) bond motifs is 3. The molecule has 5 rings (SSSR count). The van der Waals surface area contributed by atoms with Crippen LogP contribution in [-0.4, -0.2) is 43.7 Å². The molecule has 4 heterocycles. The molecule has 2 aromatic heterocycles. The highest BCUT2D eigenvalue weighted by atomic mass is 35.5. The molecule has 9 heteroatoms. The van der Waals surface area contributed by atoms with E-state index in [1.54, 1.807) is 11.2 Å². The number of rotatable bonds is 2. The van der Waals surface area contributed by atoms with Crippen molar-refractivity contribution in [2.24, 2.45) is 0 Å². The Morgan fingerprint density at radius 2 is 2.07 bits per heavy atom. The molecule has 0 unspecified atom stereocenters. The van der Waals surface area contributed by atoms with E-state index in [9.17, 15) is 4.79 Å². The number of halogens is 1. The number of benzene rings is 1. The van der Waals surface area contributed by atoms with Gasteiger partial charge < -0.3 is 9.42 Å². The van der Waals surface area contributed by atoms with Gasteiger partial charge in [0, 0.05) is 24.5 Å². The number of hydrogen-bond donors (Lipinski definition) is 0. The van der Waals surface area contributed by atoms with Crippen LogP contribution in [0.4, 0.5) is 10.5 Å². The first-order valence-electron chi connectivity index (χ1n) is 9.41. The standard InChI is InChI=1S/C19H19ClN6O2/c1-2-16-22-18(23-28-16)17-15-10-25(19(27)24-7-3-4-8-24)14-9-12(20)5-6-13(14)26(15)11-21-17/h5-6,9,11H,2-4,7-8,10H2,1H3. The smallest absolute Gasteiger partial charge is 0.324 e. The van der Waals surface area contributed by atoms with E-state index in [4.69, 9.17) is 16.1 Å². The van der Waals surface area contributed by atoms with Crippen molar-refractivity contribution in [3.05, 3.63) is 41.1 Å². The first kappa shape index (κ1) is 17.2. The molecule has 0 radical (unpaired) electrons. The number of hydrogen-bond acceptors (Lipinski definition) is 5. The summed E-state index contributed by atoms with van der Waals surface area (Å²) in [5.41, 5.74) is 3.12. The van der Waals surface area contributed by atoms with Crippen molar-refractivity contribution < 1.29 is 9.32 Å². The number of anilines is 1. The number of aromatic nitrogens is 4. The van der Waals surface area contributed by atoms with Crippen LogP contribution in [0.2, 0.25) is 5.02 Å². The maximum atomic E-state index is 13.2. The zero-order valence-corrected chi connectivity index (χ0v) is 16.2. The third-order valence-electron chi connectivity index (χ3n) is 5.25. The highest BCUT2D eigenvalue weighted by Gasteiger charge is 2.33. The maximum absolute atomic E-state index is 13.2. The third kappa shape index (κ3) is 2.67. The Balaban J connectivity index is 1.62. The van der Waals surface area contributed by atoms with Crippen LogP contribution in [0, 0.1) is 0 Å². The van der Waals surface area contributed by atoms with Gasteiger partial charge in [-0.25, -0.2) is 9.78 Å². The lowest BCUT2D eigenvalue weighted by Gasteiger charge is -2.33. The summed E-state index contributed by atoms with van der Waals surface area (Å²) in [7, 11) is 0. The van der Waals surface area contributed by atoms with Crippen molar-refractivity contribution >= 4 is 23.3 Å². The number of nitrogens with zero attached hydrogens (tertiary/aromatic N) is 6. The van der Waals surface area contributed by atoms with Crippen LogP contribution >= 0.6 is 11.6 Å². The van der Waals surface area contributed by atoms with Crippen molar-refractivity contribution in [2.75, 3.05) is 18.0 Å². The van der Waals surface area contributed by atoms with Crippen molar-refractivity contribution in [3.8, 4) is 17.2 Å². The first-order valence-corrected chi connectivity index (χ1v) is 9.79. The van der Waals surface area contributed by atoms with Crippen LogP contribution in [0.25, 0.3) is 17.2 Å². The number of aryl methyl sites for hydroxylation is 1. The summed E-state index contributed by atoms with van der Waals surface area (Å²) in [6.07, 6.45) is 4.46. The first-order chi connectivity index (χ1) is 13.7. The molecule has 0 aliphatic carbocycles. The monoisotopic (exact) mass is 398 g/mol. The van der Waals surface area contributed by atoms with E-state index in [-0.39, 0.29) is 6.03 Å². The number of amides is 2. The molecule has 2 aliphatic heterocycles. The summed E-state index contributed by atoms with van der Waals surface area (Å²) >= 11 is 6.24. The maximum Gasteiger partial charge on any atom is 0.324 e. The highest BCUT2D eigenvalue weighted by molar-refractivity contribution is 6.31. The molecular formula is C19H19ClN6O2. The minimum Gasteiger partial charge on any atom is -0.339 e. The fourth-order valence-corrected chi connectivity index (χ4v) is 3.98. The van der Waals surface area contributed by atoms with Gasteiger partial charge in [0.15, 0.2) is 0 Å². The van der Waals surface area contributed by atoms with Crippen LogP contribution in [0.15, 0.2) is 29.0 Å². The van der Waals surface area contributed by atoms with E-state index >= 15 is 0 Å². The molecule has 0 bridgehead atoms. The topological polar surface area (TPSA) is 80.3 Å². The summed E-state index contributed by atoms with van der Waals surface area (Å²) in [6.45, 7) is 3.88. The summed E-state index contributed by atoms with van der Waals surface area (Å²) in [5, 5.41) is 4.65. The van der Waals surface area contributed by atoms with E-state index in [0.29, 0.717) is 35.4 Å². The van der Waals surface area contributed by atoms with Gasteiger partial charge in [0.25, 0.3) is 0 Å². The molecule has 2 aliphatic rings. The van der Waals surface area contributed by atoms with E-state index in [2.05, 4.69) is 15.1 Å². The Labute approximate surface area is 166 Å². The Bertz CT molecular complexity index is 1050. The average Bonchev–Trinajstić information content (AvgIpc) is 3.46. The molecule has 3 aromatic rings. The van der Waals surface area contributed by atoms with Gasteiger partial charge in [0.1, 0.15) is 12.0 Å². The van der Waals surface area contributed by atoms with Crippen LogP contribution in [0.3, 0.4) is 0 Å². The van der Waals surface area contributed by atoms with Gasteiger partial charge in [-0.15, -0.1) is 0 Å². The molecule has 1 aromatic carbocycles. The molecule has 1 fully saturated rings. The minimum absolute atomic E-state index is 0.0122. The lowest BCUT2D eigenvalue weighted by atomic mass is 10.1. The SMILES string of the molecule is CCc1nc(-c2ncn3c2CN(C(=O)N2CCCC2)c2cc(Cl)ccc2-3)no1. The predicted octanol–water partition coefficient (Wildman–Crippen LogP) is 3.67. The molecule has 0 spiro atoms. The Morgan fingerprint density at radius 1 is 1.25 bits per heavy atom.